The second-order valence-corrected chi connectivity index (χ2v) is 6.14. The molecule has 0 aromatic heterocycles. The standard InChI is InChI=1S/C12H19N3O5S/c1-4-13-9(2)8-14-21(18,19)12-6-5-10(15(16)17)7-11(12)20-3/h5-7,9,13-14H,4,8H2,1-3H3/t9-/m1/s1. The van der Waals surface area contributed by atoms with Gasteiger partial charge in [0.15, 0.2) is 0 Å². The molecule has 1 aromatic carbocycles. The van der Waals surface area contributed by atoms with Gasteiger partial charge in [0, 0.05) is 18.7 Å². The minimum Gasteiger partial charge on any atom is -0.495 e. The number of nitro benzene ring substituents is 1. The Bertz CT molecular complexity index is 603. The average molecular weight is 317 g/mol. The zero-order valence-corrected chi connectivity index (χ0v) is 12.9. The topological polar surface area (TPSA) is 111 Å². The number of nitrogens with one attached hydrogen (secondary N) is 2. The lowest BCUT2D eigenvalue weighted by atomic mass is 10.3. The van der Waals surface area contributed by atoms with Crippen LogP contribution in [-0.2, 0) is 10.0 Å². The number of hydrogen-bond acceptors (Lipinski definition) is 6. The maximum Gasteiger partial charge on any atom is 0.273 e. The van der Waals surface area contributed by atoms with Crippen LogP contribution in [0.1, 0.15) is 13.8 Å². The van der Waals surface area contributed by atoms with Gasteiger partial charge in [-0.3, -0.25) is 10.1 Å². The molecule has 0 heterocycles. The van der Waals surface area contributed by atoms with Gasteiger partial charge in [0.2, 0.25) is 10.0 Å². The zero-order chi connectivity index (χ0) is 16.0. The van der Waals surface area contributed by atoms with E-state index in [9.17, 15) is 18.5 Å². The third-order valence-electron chi connectivity index (χ3n) is 2.78. The maximum absolute atomic E-state index is 12.2. The van der Waals surface area contributed by atoms with Gasteiger partial charge < -0.3 is 10.1 Å². The van der Waals surface area contributed by atoms with Gasteiger partial charge in [-0.15, -0.1) is 0 Å². The lowest BCUT2D eigenvalue weighted by molar-refractivity contribution is -0.385. The predicted molar refractivity (Wildman–Crippen MR) is 78.0 cm³/mol. The molecule has 0 saturated heterocycles. The number of ether oxygens (including phenoxy) is 1. The summed E-state index contributed by atoms with van der Waals surface area (Å²) in [4.78, 5) is 9.96. The summed E-state index contributed by atoms with van der Waals surface area (Å²) in [5, 5.41) is 13.8. The number of nitro groups is 1. The van der Waals surface area contributed by atoms with Crippen molar-refractivity contribution in [3.05, 3.63) is 28.3 Å². The van der Waals surface area contributed by atoms with Crippen LogP contribution >= 0.6 is 0 Å². The fourth-order valence-corrected chi connectivity index (χ4v) is 3.00. The molecule has 0 aliphatic rings. The summed E-state index contributed by atoms with van der Waals surface area (Å²) in [7, 11) is -2.53. The van der Waals surface area contributed by atoms with Crippen molar-refractivity contribution < 1.29 is 18.1 Å². The Labute approximate surface area is 123 Å². The summed E-state index contributed by atoms with van der Waals surface area (Å²) in [5.74, 6) is -0.0622. The van der Waals surface area contributed by atoms with Crippen molar-refractivity contribution in [1.29, 1.82) is 0 Å². The third-order valence-corrected chi connectivity index (χ3v) is 4.24. The smallest absolute Gasteiger partial charge is 0.273 e. The molecule has 8 nitrogen and oxygen atoms in total. The SMILES string of the molecule is CCN[C@H](C)CNS(=O)(=O)c1ccc([N+](=O)[O-])cc1OC. The second-order valence-electron chi connectivity index (χ2n) is 4.40. The first-order chi connectivity index (χ1) is 9.81. The van der Waals surface area contributed by atoms with E-state index in [1.165, 1.54) is 7.11 Å². The molecule has 0 fully saturated rings. The van der Waals surface area contributed by atoms with E-state index in [1.807, 2.05) is 13.8 Å². The van der Waals surface area contributed by atoms with Crippen LogP contribution in [0.5, 0.6) is 5.75 Å². The Morgan fingerprint density at radius 1 is 1.43 bits per heavy atom. The molecule has 1 atom stereocenters. The molecule has 0 aliphatic carbocycles. The molecule has 9 heteroatoms. The van der Waals surface area contributed by atoms with Crippen LogP contribution in [-0.4, -0.2) is 39.6 Å². The highest BCUT2D eigenvalue weighted by molar-refractivity contribution is 7.89. The highest BCUT2D eigenvalue weighted by Gasteiger charge is 2.22. The number of non-ortho nitro benzene ring substituents is 1. The normalized spacial score (nSPS) is 12.9. The Kier molecular flexibility index (Phi) is 6.06. The first-order valence-electron chi connectivity index (χ1n) is 6.37. The van der Waals surface area contributed by atoms with Gasteiger partial charge in [-0.2, -0.15) is 0 Å². The Morgan fingerprint density at radius 3 is 2.62 bits per heavy atom. The Hall–Kier alpha value is -1.71. The van der Waals surface area contributed by atoms with Crippen LogP contribution in [0.15, 0.2) is 23.1 Å². The number of hydrogen-bond donors (Lipinski definition) is 2. The number of likely N-dealkylation sites (N-methyl/N-ethyl adjacent to an activating group) is 1. The van der Waals surface area contributed by atoms with Gasteiger partial charge in [0.25, 0.3) is 5.69 Å². The number of sulfonamides is 1. The minimum absolute atomic E-state index is 0.0335. The molecule has 1 rings (SSSR count). The van der Waals surface area contributed by atoms with Crippen molar-refractivity contribution in [2.24, 2.45) is 0 Å². The predicted octanol–water partition coefficient (Wildman–Crippen LogP) is 0.880. The molecule has 1 aromatic rings. The van der Waals surface area contributed by atoms with Gasteiger partial charge in [0.1, 0.15) is 10.6 Å². The highest BCUT2D eigenvalue weighted by Crippen LogP contribution is 2.28. The van der Waals surface area contributed by atoms with Crippen molar-refractivity contribution >= 4 is 15.7 Å². The highest BCUT2D eigenvalue weighted by atomic mass is 32.2. The monoisotopic (exact) mass is 317 g/mol. The van der Waals surface area contributed by atoms with Gasteiger partial charge in [-0.25, -0.2) is 13.1 Å². The first-order valence-corrected chi connectivity index (χ1v) is 7.85. The van der Waals surface area contributed by atoms with Crippen molar-refractivity contribution in [3.63, 3.8) is 0 Å². The Balaban J connectivity index is 3.00. The van der Waals surface area contributed by atoms with Gasteiger partial charge in [-0.05, 0) is 19.5 Å². The maximum atomic E-state index is 12.2. The van der Waals surface area contributed by atoms with E-state index >= 15 is 0 Å². The number of nitrogens with zero attached hydrogens (tertiary/aromatic N) is 1. The molecule has 0 amide bonds. The van der Waals surface area contributed by atoms with Crippen LogP contribution in [0.4, 0.5) is 5.69 Å². The molecule has 0 unspecified atom stereocenters. The molecule has 0 spiro atoms. The van der Waals surface area contributed by atoms with E-state index < -0.39 is 14.9 Å². The molecule has 0 radical (unpaired) electrons. The summed E-state index contributed by atoms with van der Waals surface area (Å²) < 4.78 is 31.8. The number of rotatable bonds is 8. The average Bonchev–Trinajstić information content (AvgIpc) is 2.44. The van der Waals surface area contributed by atoms with Crippen molar-refractivity contribution in [3.8, 4) is 5.75 Å². The van der Waals surface area contributed by atoms with Crippen LogP contribution in [0.2, 0.25) is 0 Å². The minimum atomic E-state index is -3.80. The summed E-state index contributed by atoms with van der Waals surface area (Å²) >= 11 is 0. The van der Waals surface area contributed by atoms with Gasteiger partial charge in [-0.1, -0.05) is 6.92 Å². The second kappa shape index (κ2) is 7.34. The zero-order valence-electron chi connectivity index (χ0n) is 12.1. The Morgan fingerprint density at radius 2 is 2.10 bits per heavy atom. The summed E-state index contributed by atoms with van der Waals surface area (Å²) in [6, 6.07) is 3.35. The summed E-state index contributed by atoms with van der Waals surface area (Å²) in [5.41, 5.74) is -0.230. The molecule has 0 aliphatic heterocycles. The third kappa shape index (κ3) is 4.66. The summed E-state index contributed by atoms with van der Waals surface area (Å²) in [6.07, 6.45) is 0. The quantitative estimate of drug-likeness (QED) is 0.544. The van der Waals surface area contributed by atoms with Gasteiger partial charge >= 0.3 is 0 Å². The first kappa shape index (κ1) is 17.3. The molecular weight excluding hydrogens is 298 g/mol. The van der Waals surface area contributed by atoms with E-state index in [-0.39, 0.29) is 28.9 Å². The molecule has 0 bridgehead atoms. The lowest BCUT2D eigenvalue weighted by Crippen LogP contribution is -2.38. The van der Waals surface area contributed by atoms with Gasteiger partial charge in [0.05, 0.1) is 18.1 Å². The van der Waals surface area contributed by atoms with Crippen LogP contribution in [0, 0.1) is 10.1 Å². The number of methoxy groups -OCH3 is 1. The molecule has 118 valence electrons. The van der Waals surface area contributed by atoms with Crippen LogP contribution in [0.25, 0.3) is 0 Å². The van der Waals surface area contributed by atoms with Crippen molar-refractivity contribution in [2.45, 2.75) is 24.8 Å². The largest absolute Gasteiger partial charge is 0.495 e. The van der Waals surface area contributed by atoms with E-state index in [4.69, 9.17) is 4.74 Å². The van der Waals surface area contributed by atoms with Crippen molar-refractivity contribution in [2.75, 3.05) is 20.2 Å². The van der Waals surface area contributed by atoms with Crippen molar-refractivity contribution in [1.82, 2.24) is 10.0 Å². The molecule has 0 saturated carbocycles. The number of benzene rings is 1. The van der Waals surface area contributed by atoms with E-state index in [0.717, 1.165) is 24.7 Å². The lowest BCUT2D eigenvalue weighted by Gasteiger charge is -2.14. The van der Waals surface area contributed by atoms with Crippen LogP contribution in [0.3, 0.4) is 0 Å². The van der Waals surface area contributed by atoms with E-state index in [1.54, 1.807) is 0 Å². The fourth-order valence-electron chi connectivity index (χ4n) is 1.72. The summed E-state index contributed by atoms with van der Waals surface area (Å²) in [6.45, 7) is 4.70. The van der Waals surface area contributed by atoms with Crippen LogP contribution < -0.4 is 14.8 Å². The molecule has 2 N–H and O–H groups in total. The van der Waals surface area contributed by atoms with E-state index in [0.29, 0.717) is 0 Å². The molecular formula is C12H19N3O5S. The fraction of sp³-hybridized carbons (Fsp3) is 0.500. The van der Waals surface area contributed by atoms with E-state index in [2.05, 4.69) is 10.0 Å². The molecule has 21 heavy (non-hydrogen) atoms.